The van der Waals surface area contributed by atoms with Gasteiger partial charge in [0.25, 0.3) is 0 Å². The van der Waals surface area contributed by atoms with E-state index in [9.17, 15) is 18.0 Å². The minimum absolute atomic E-state index is 0.0791. The number of nitriles is 1. The smallest absolute Gasteiger partial charge is 0.449 e. The van der Waals surface area contributed by atoms with E-state index in [4.69, 9.17) is 9.68 Å². The molecule has 1 aromatic heterocycles. The average Bonchev–Trinajstić information content (AvgIpc) is 2.53. The molecule has 3 aromatic rings. The second-order valence-electron chi connectivity index (χ2n) is 4.87. The van der Waals surface area contributed by atoms with Gasteiger partial charge in [0.15, 0.2) is 5.43 Å². The van der Waals surface area contributed by atoms with E-state index in [-0.39, 0.29) is 11.0 Å². The van der Waals surface area contributed by atoms with Crippen molar-refractivity contribution >= 4 is 11.0 Å². The summed E-state index contributed by atoms with van der Waals surface area (Å²) in [6, 6.07) is 13.4. The zero-order chi connectivity index (χ0) is 16.6. The Hall–Kier alpha value is -3.07. The van der Waals surface area contributed by atoms with E-state index in [1.165, 1.54) is 12.1 Å². The second-order valence-corrected chi connectivity index (χ2v) is 4.87. The zero-order valence-electron chi connectivity index (χ0n) is 11.5. The monoisotopic (exact) mass is 315 g/mol. The Kier molecular flexibility index (Phi) is 3.41. The summed E-state index contributed by atoms with van der Waals surface area (Å²) >= 11 is 0. The van der Waals surface area contributed by atoms with E-state index < -0.39 is 17.4 Å². The molecule has 0 saturated carbocycles. The maximum Gasteiger partial charge on any atom is 0.449 e. The molecule has 0 aliphatic carbocycles. The van der Waals surface area contributed by atoms with Crippen molar-refractivity contribution in [3.63, 3.8) is 0 Å². The SMILES string of the molecule is N#Cc1ccc(-c2ccc3c(=O)cc(C(F)(F)F)oc3c2)cc1. The molecule has 0 aliphatic heterocycles. The molecular formula is C17H8F3NO2. The van der Waals surface area contributed by atoms with Gasteiger partial charge >= 0.3 is 6.18 Å². The lowest BCUT2D eigenvalue weighted by Crippen LogP contribution is -2.10. The average molecular weight is 315 g/mol. The lowest BCUT2D eigenvalue weighted by molar-refractivity contribution is -0.152. The van der Waals surface area contributed by atoms with Crippen molar-refractivity contribution in [3.8, 4) is 17.2 Å². The summed E-state index contributed by atoms with van der Waals surface area (Å²) in [5, 5.41) is 8.85. The first-order valence-electron chi connectivity index (χ1n) is 6.54. The predicted octanol–water partition coefficient (Wildman–Crippen LogP) is 4.35. The maximum absolute atomic E-state index is 12.7. The third-order valence-electron chi connectivity index (χ3n) is 3.36. The molecular weight excluding hydrogens is 307 g/mol. The number of rotatable bonds is 1. The zero-order valence-corrected chi connectivity index (χ0v) is 11.5. The first-order chi connectivity index (χ1) is 10.9. The summed E-state index contributed by atoms with van der Waals surface area (Å²) in [5.74, 6) is -1.33. The fourth-order valence-corrected chi connectivity index (χ4v) is 2.21. The molecule has 0 radical (unpaired) electrons. The van der Waals surface area contributed by atoms with Crippen molar-refractivity contribution in [3.05, 3.63) is 70.1 Å². The largest absolute Gasteiger partial charge is 0.451 e. The van der Waals surface area contributed by atoms with Crippen LogP contribution in [-0.4, -0.2) is 0 Å². The predicted molar refractivity (Wildman–Crippen MR) is 77.6 cm³/mol. The molecule has 0 spiro atoms. The molecule has 0 aliphatic rings. The highest BCUT2D eigenvalue weighted by Gasteiger charge is 2.34. The van der Waals surface area contributed by atoms with Gasteiger partial charge in [-0.05, 0) is 35.4 Å². The highest BCUT2D eigenvalue weighted by molar-refractivity contribution is 5.82. The van der Waals surface area contributed by atoms with E-state index in [0.717, 1.165) is 0 Å². The molecule has 0 saturated heterocycles. The Labute approximate surface area is 128 Å². The third-order valence-corrected chi connectivity index (χ3v) is 3.36. The van der Waals surface area contributed by atoms with Gasteiger partial charge in [0.2, 0.25) is 5.76 Å². The van der Waals surface area contributed by atoms with Crippen LogP contribution >= 0.6 is 0 Å². The van der Waals surface area contributed by atoms with Crippen molar-refractivity contribution in [2.75, 3.05) is 0 Å². The molecule has 23 heavy (non-hydrogen) atoms. The van der Waals surface area contributed by atoms with Crippen LogP contribution in [0.1, 0.15) is 11.3 Å². The van der Waals surface area contributed by atoms with Gasteiger partial charge in [-0.3, -0.25) is 4.79 Å². The third kappa shape index (κ3) is 2.81. The summed E-state index contributed by atoms with van der Waals surface area (Å²) < 4.78 is 43.1. The van der Waals surface area contributed by atoms with Crippen LogP contribution in [-0.2, 0) is 6.18 Å². The highest BCUT2D eigenvalue weighted by atomic mass is 19.4. The minimum Gasteiger partial charge on any atom is -0.451 e. The van der Waals surface area contributed by atoms with Gasteiger partial charge in [-0.1, -0.05) is 18.2 Å². The Balaban J connectivity index is 2.17. The number of alkyl halides is 3. The van der Waals surface area contributed by atoms with Crippen LogP contribution in [0.25, 0.3) is 22.1 Å². The molecule has 1 heterocycles. The number of halogens is 3. The summed E-state index contributed by atoms with van der Waals surface area (Å²) in [5.41, 5.74) is 0.882. The summed E-state index contributed by atoms with van der Waals surface area (Å²) in [4.78, 5) is 11.8. The van der Waals surface area contributed by atoms with E-state index in [2.05, 4.69) is 0 Å². The molecule has 0 amide bonds. The molecule has 3 nitrogen and oxygen atoms in total. The Morgan fingerprint density at radius 1 is 0.957 bits per heavy atom. The molecule has 0 N–H and O–H groups in total. The first kappa shape index (κ1) is 14.9. The number of benzene rings is 2. The molecule has 2 aromatic carbocycles. The Morgan fingerprint density at radius 3 is 2.22 bits per heavy atom. The molecule has 0 fully saturated rings. The van der Waals surface area contributed by atoms with E-state index in [1.807, 2.05) is 6.07 Å². The lowest BCUT2D eigenvalue weighted by atomic mass is 10.0. The van der Waals surface area contributed by atoms with Crippen molar-refractivity contribution < 1.29 is 17.6 Å². The number of hydrogen-bond donors (Lipinski definition) is 0. The van der Waals surface area contributed by atoms with Gasteiger partial charge < -0.3 is 4.42 Å². The van der Waals surface area contributed by atoms with E-state index >= 15 is 0 Å². The Morgan fingerprint density at radius 2 is 1.61 bits per heavy atom. The number of hydrogen-bond acceptors (Lipinski definition) is 3. The molecule has 0 unspecified atom stereocenters. The number of nitrogens with zero attached hydrogens (tertiary/aromatic N) is 1. The topological polar surface area (TPSA) is 54.0 Å². The van der Waals surface area contributed by atoms with Crippen molar-refractivity contribution in [1.82, 2.24) is 0 Å². The van der Waals surface area contributed by atoms with Gasteiger partial charge in [-0.25, -0.2) is 0 Å². The fraction of sp³-hybridized carbons (Fsp3) is 0.0588. The van der Waals surface area contributed by atoms with Crippen molar-refractivity contribution in [2.24, 2.45) is 0 Å². The van der Waals surface area contributed by atoms with Crippen LogP contribution in [0.4, 0.5) is 13.2 Å². The summed E-state index contributed by atoms with van der Waals surface area (Å²) in [6.07, 6.45) is -4.72. The summed E-state index contributed by atoms with van der Waals surface area (Å²) in [7, 11) is 0. The van der Waals surface area contributed by atoms with Gasteiger partial charge in [0, 0.05) is 6.07 Å². The van der Waals surface area contributed by atoms with Crippen LogP contribution in [0.2, 0.25) is 0 Å². The van der Waals surface area contributed by atoms with Crippen molar-refractivity contribution in [1.29, 1.82) is 5.26 Å². The lowest BCUT2D eigenvalue weighted by Gasteiger charge is -2.08. The molecule has 114 valence electrons. The fourth-order valence-electron chi connectivity index (χ4n) is 2.21. The molecule has 0 bridgehead atoms. The summed E-state index contributed by atoms with van der Waals surface area (Å²) in [6.45, 7) is 0. The van der Waals surface area contributed by atoms with Crippen LogP contribution in [0.15, 0.2) is 57.7 Å². The van der Waals surface area contributed by atoms with Crippen LogP contribution in [0.3, 0.4) is 0 Å². The Bertz CT molecular complexity index is 980. The van der Waals surface area contributed by atoms with Crippen LogP contribution in [0, 0.1) is 11.3 Å². The van der Waals surface area contributed by atoms with E-state index in [1.54, 1.807) is 30.3 Å². The second kappa shape index (κ2) is 5.29. The van der Waals surface area contributed by atoms with Crippen LogP contribution in [0.5, 0.6) is 0 Å². The van der Waals surface area contributed by atoms with Gasteiger partial charge in [-0.2, -0.15) is 18.4 Å². The molecule has 3 rings (SSSR count). The van der Waals surface area contributed by atoms with Gasteiger partial charge in [0.1, 0.15) is 5.58 Å². The minimum atomic E-state index is -4.72. The number of fused-ring (bicyclic) bond motifs is 1. The standard InChI is InChI=1S/C17H8F3NO2/c18-17(19,20)16-8-14(22)13-6-5-12(7-15(13)23-16)11-3-1-10(9-21)2-4-11/h1-8H. The van der Waals surface area contributed by atoms with Gasteiger partial charge in [0.05, 0.1) is 17.0 Å². The highest BCUT2D eigenvalue weighted by Crippen LogP contribution is 2.31. The normalized spacial score (nSPS) is 11.4. The van der Waals surface area contributed by atoms with Crippen molar-refractivity contribution in [2.45, 2.75) is 6.18 Å². The maximum atomic E-state index is 12.7. The quantitative estimate of drug-likeness (QED) is 0.671. The van der Waals surface area contributed by atoms with Gasteiger partial charge in [-0.15, -0.1) is 0 Å². The molecule has 6 heteroatoms. The van der Waals surface area contributed by atoms with E-state index in [0.29, 0.717) is 22.8 Å². The van der Waals surface area contributed by atoms with Crippen LogP contribution < -0.4 is 5.43 Å². The molecule has 0 atom stereocenters. The first-order valence-corrected chi connectivity index (χ1v) is 6.54.